The minimum absolute atomic E-state index is 0. The largest absolute Gasteiger partial charge is 0.399 e. The number of halogens is 1. The number of carbonyl (C=O) groups excluding carboxylic acids is 1. The molecule has 1 aliphatic rings. The van der Waals surface area contributed by atoms with Crippen molar-refractivity contribution < 1.29 is 17.7 Å². The van der Waals surface area contributed by atoms with E-state index in [4.69, 9.17) is 10.3 Å². The maximum atomic E-state index is 12.8. The summed E-state index contributed by atoms with van der Waals surface area (Å²) in [5, 5.41) is 3.72. The van der Waals surface area contributed by atoms with E-state index in [1.165, 1.54) is 4.31 Å². The molecule has 2 N–H and O–H groups in total. The van der Waals surface area contributed by atoms with Crippen LogP contribution in [0.25, 0.3) is 0 Å². The Labute approximate surface area is 164 Å². The number of hydrogen-bond acceptors (Lipinski definition) is 6. The Morgan fingerprint density at radius 1 is 1.15 bits per heavy atom. The minimum atomic E-state index is -3.69. The molecule has 3 rings (SSSR count). The number of benzene rings is 1. The molecule has 1 aromatic carbocycles. The molecule has 148 valence electrons. The molecule has 2 aromatic rings. The van der Waals surface area contributed by atoms with Crippen molar-refractivity contribution in [3.8, 4) is 0 Å². The van der Waals surface area contributed by atoms with Gasteiger partial charge in [-0.15, -0.1) is 12.4 Å². The van der Waals surface area contributed by atoms with Crippen LogP contribution in [0.3, 0.4) is 0 Å². The van der Waals surface area contributed by atoms with E-state index in [1.807, 2.05) is 6.92 Å². The van der Waals surface area contributed by atoms with Gasteiger partial charge in [-0.3, -0.25) is 4.79 Å². The first kappa shape index (κ1) is 21.2. The second kappa shape index (κ2) is 7.87. The molecule has 27 heavy (non-hydrogen) atoms. The number of nitrogens with two attached hydrogens (primary N) is 1. The molecule has 1 aliphatic heterocycles. The van der Waals surface area contributed by atoms with Gasteiger partial charge in [-0.05, 0) is 38.5 Å². The first-order valence-corrected chi connectivity index (χ1v) is 9.74. The number of anilines is 1. The van der Waals surface area contributed by atoms with Crippen LogP contribution in [-0.2, 0) is 10.0 Å². The van der Waals surface area contributed by atoms with E-state index in [9.17, 15) is 13.2 Å². The van der Waals surface area contributed by atoms with Gasteiger partial charge in [-0.25, -0.2) is 8.42 Å². The van der Waals surface area contributed by atoms with Gasteiger partial charge in [0, 0.05) is 37.4 Å². The third-order valence-electron chi connectivity index (χ3n) is 4.58. The predicted octanol–water partition coefficient (Wildman–Crippen LogP) is 1.75. The lowest BCUT2D eigenvalue weighted by Gasteiger charge is -2.34. The Bertz CT molecular complexity index is 930. The molecule has 1 fully saturated rings. The van der Waals surface area contributed by atoms with Crippen molar-refractivity contribution >= 4 is 34.0 Å². The number of aryl methyl sites for hydroxylation is 3. The fourth-order valence-electron chi connectivity index (χ4n) is 3.14. The number of rotatable bonds is 3. The summed E-state index contributed by atoms with van der Waals surface area (Å²) < 4.78 is 32.0. The van der Waals surface area contributed by atoms with Crippen LogP contribution in [0.15, 0.2) is 27.6 Å². The van der Waals surface area contributed by atoms with Gasteiger partial charge in [0.25, 0.3) is 5.91 Å². The number of hydrogen-bond donors (Lipinski definition) is 1. The van der Waals surface area contributed by atoms with Crippen LogP contribution < -0.4 is 5.73 Å². The Balaban J connectivity index is 0.00000261. The molecule has 0 saturated carbocycles. The fraction of sp³-hybridized carbons (Fsp3) is 0.412. The van der Waals surface area contributed by atoms with E-state index in [-0.39, 0.29) is 42.1 Å². The number of nitrogens with zero attached hydrogens (tertiary/aromatic N) is 3. The highest BCUT2D eigenvalue weighted by Crippen LogP contribution is 2.25. The maximum Gasteiger partial charge on any atom is 0.254 e. The van der Waals surface area contributed by atoms with Crippen LogP contribution in [-0.4, -0.2) is 54.9 Å². The molecular formula is C17H23ClN4O4S. The van der Waals surface area contributed by atoms with Gasteiger partial charge < -0.3 is 15.2 Å². The summed E-state index contributed by atoms with van der Waals surface area (Å²) in [6, 6.07) is 5.21. The van der Waals surface area contributed by atoms with Gasteiger partial charge in [0.05, 0.1) is 0 Å². The van der Waals surface area contributed by atoms with E-state index < -0.39 is 10.0 Å². The Kier molecular flexibility index (Phi) is 6.18. The van der Waals surface area contributed by atoms with Crippen molar-refractivity contribution in [2.75, 3.05) is 31.9 Å². The van der Waals surface area contributed by atoms with E-state index in [0.29, 0.717) is 30.0 Å². The summed E-state index contributed by atoms with van der Waals surface area (Å²) >= 11 is 0. The van der Waals surface area contributed by atoms with Gasteiger partial charge in [-0.2, -0.15) is 4.31 Å². The molecule has 0 aliphatic carbocycles. The molecule has 1 saturated heterocycles. The highest BCUT2D eigenvalue weighted by atomic mass is 35.5. The Morgan fingerprint density at radius 2 is 1.78 bits per heavy atom. The third kappa shape index (κ3) is 3.95. The first-order chi connectivity index (χ1) is 12.2. The smallest absolute Gasteiger partial charge is 0.254 e. The highest BCUT2D eigenvalue weighted by Gasteiger charge is 2.34. The lowest BCUT2D eigenvalue weighted by Crippen LogP contribution is -2.50. The lowest BCUT2D eigenvalue weighted by atomic mass is 10.1. The van der Waals surface area contributed by atoms with Gasteiger partial charge >= 0.3 is 0 Å². The Morgan fingerprint density at radius 3 is 2.33 bits per heavy atom. The van der Waals surface area contributed by atoms with Crippen LogP contribution in [0.5, 0.6) is 0 Å². The second-order valence-corrected chi connectivity index (χ2v) is 8.30. The molecule has 0 atom stereocenters. The van der Waals surface area contributed by atoms with Crippen molar-refractivity contribution in [3.63, 3.8) is 0 Å². The molecule has 1 aromatic heterocycles. The topological polar surface area (TPSA) is 110 Å². The minimum Gasteiger partial charge on any atom is -0.399 e. The molecule has 0 spiro atoms. The molecule has 2 heterocycles. The summed E-state index contributed by atoms with van der Waals surface area (Å²) in [5.41, 5.74) is 8.04. The van der Waals surface area contributed by atoms with E-state index >= 15 is 0 Å². The first-order valence-electron chi connectivity index (χ1n) is 8.30. The second-order valence-electron chi connectivity index (χ2n) is 6.42. The standard InChI is InChI=1S/C17H22N4O4S.ClH/c1-11-4-5-14(18)10-15(11)17(22)20-6-8-21(9-7-20)26(23,24)16-12(2)19-25-13(16)3;/h4-5,10H,6-9,18H2,1-3H3;1H. The summed E-state index contributed by atoms with van der Waals surface area (Å²) in [5.74, 6) is 0.139. The van der Waals surface area contributed by atoms with Crippen molar-refractivity contribution in [2.24, 2.45) is 0 Å². The van der Waals surface area contributed by atoms with Crippen LogP contribution in [0, 0.1) is 20.8 Å². The van der Waals surface area contributed by atoms with Crippen LogP contribution >= 0.6 is 12.4 Å². The fourth-order valence-corrected chi connectivity index (χ4v) is 4.86. The summed E-state index contributed by atoms with van der Waals surface area (Å²) in [4.78, 5) is 14.5. The molecule has 1 amide bonds. The number of sulfonamides is 1. The average Bonchev–Trinajstić information content (AvgIpc) is 2.95. The molecule has 8 nitrogen and oxygen atoms in total. The zero-order valence-electron chi connectivity index (χ0n) is 15.4. The van der Waals surface area contributed by atoms with E-state index in [2.05, 4.69) is 5.16 Å². The third-order valence-corrected chi connectivity index (χ3v) is 6.73. The monoisotopic (exact) mass is 414 g/mol. The summed E-state index contributed by atoms with van der Waals surface area (Å²) in [6.45, 7) is 6.11. The zero-order chi connectivity index (χ0) is 19.1. The number of piperazine rings is 1. The van der Waals surface area contributed by atoms with Gasteiger partial charge in [0.1, 0.15) is 10.6 Å². The van der Waals surface area contributed by atoms with Crippen molar-refractivity contribution in [1.29, 1.82) is 0 Å². The predicted molar refractivity (Wildman–Crippen MR) is 103 cm³/mol. The van der Waals surface area contributed by atoms with E-state index in [1.54, 1.807) is 36.9 Å². The number of amides is 1. The maximum absolute atomic E-state index is 12.8. The zero-order valence-corrected chi connectivity index (χ0v) is 17.1. The molecular weight excluding hydrogens is 392 g/mol. The van der Waals surface area contributed by atoms with Crippen molar-refractivity contribution in [1.82, 2.24) is 14.4 Å². The van der Waals surface area contributed by atoms with Crippen molar-refractivity contribution in [2.45, 2.75) is 25.7 Å². The summed E-state index contributed by atoms with van der Waals surface area (Å²) in [7, 11) is -3.69. The van der Waals surface area contributed by atoms with Crippen LogP contribution in [0.4, 0.5) is 5.69 Å². The van der Waals surface area contributed by atoms with Gasteiger partial charge in [0.15, 0.2) is 5.76 Å². The van der Waals surface area contributed by atoms with Gasteiger partial charge in [0.2, 0.25) is 10.0 Å². The molecule has 0 radical (unpaired) electrons. The molecule has 0 unspecified atom stereocenters. The highest BCUT2D eigenvalue weighted by molar-refractivity contribution is 7.89. The average molecular weight is 415 g/mol. The molecule has 10 heteroatoms. The van der Waals surface area contributed by atoms with Crippen LogP contribution in [0.1, 0.15) is 27.4 Å². The van der Waals surface area contributed by atoms with Gasteiger partial charge in [-0.1, -0.05) is 11.2 Å². The number of carbonyl (C=O) groups is 1. The van der Waals surface area contributed by atoms with Crippen LogP contribution in [0.2, 0.25) is 0 Å². The summed E-state index contributed by atoms with van der Waals surface area (Å²) in [6.07, 6.45) is 0. The Hall–Kier alpha value is -2.10. The molecule has 0 bridgehead atoms. The number of aromatic nitrogens is 1. The van der Waals surface area contributed by atoms with Crippen molar-refractivity contribution in [3.05, 3.63) is 40.8 Å². The quantitative estimate of drug-likeness (QED) is 0.766. The SMILES string of the molecule is Cc1ccc(N)cc1C(=O)N1CCN(S(=O)(=O)c2c(C)noc2C)CC1.Cl. The lowest BCUT2D eigenvalue weighted by molar-refractivity contribution is 0.0697. The number of nitrogen functional groups attached to an aromatic ring is 1. The normalized spacial score (nSPS) is 15.4. The van der Waals surface area contributed by atoms with E-state index in [0.717, 1.165) is 5.56 Å².